The van der Waals surface area contributed by atoms with Crippen molar-refractivity contribution in [1.29, 1.82) is 0 Å². The molecule has 0 aliphatic heterocycles. The van der Waals surface area contributed by atoms with Crippen molar-refractivity contribution in [2.75, 3.05) is 14.1 Å². The van der Waals surface area contributed by atoms with E-state index in [0.29, 0.717) is 0 Å². The fraction of sp³-hybridized carbons (Fsp3) is 0.160. The molecule has 0 amide bonds. The molecule has 0 radical (unpaired) electrons. The highest BCUT2D eigenvalue weighted by Crippen LogP contribution is 2.53. The van der Waals surface area contributed by atoms with Crippen LogP contribution in [0.3, 0.4) is 0 Å². The predicted octanol–water partition coefficient (Wildman–Crippen LogP) is 6.05. The van der Waals surface area contributed by atoms with Gasteiger partial charge in [0.1, 0.15) is 0 Å². The van der Waals surface area contributed by atoms with Crippen LogP contribution in [0.15, 0.2) is 89.7 Å². The summed E-state index contributed by atoms with van der Waals surface area (Å²) in [6.07, 6.45) is 0. The number of aromatic nitrogens is 2. The van der Waals surface area contributed by atoms with Gasteiger partial charge in [0.2, 0.25) is 0 Å². The summed E-state index contributed by atoms with van der Waals surface area (Å²) in [5, 5.41) is 7.40. The van der Waals surface area contributed by atoms with Crippen molar-refractivity contribution in [2.45, 2.75) is 13.8 Å². The number of hydrogen-bond acceptors (Lipinski definition) is 2. The van der Waals surface area contributed by atoms with E-state index in [1.165, 1.54) is 14.2 Å². The summed E-state index contributed by atoms with van der Waals surface area (Å²) in [6, 6.07) is 29.4. The van der Waals surface area contributed by atoms with Crippen molar-refractivity contribution in [2.24, 2.45) is 4.74 Å². The lowest BCUT2D eigenvalue weighted by Gasteiger charge is -2.32. The molecule has 0 unspecified atom stereocenters. The average Bonchev–Trinajstić information content (AvgIpc) is 3.09. The van der Waals surface area contributed by atoms with Gasteiger partial charge in [-0.25, -0.2) is 9.43 Å². The molecule has 0 N–H and O–H groups in total. The zero-order chi connectivity index (χ0) is 22.0. The first-order chi connectivity index (χ1) is 14.9. The number of para-hydroxylation sites is 1. The number of benzene rings is 3. The van der Waals surface area contributed by atoms with E-state index >= 15 is 0 Å². The third-order valence-electron chi connectivity index (χ3n) is 5.35. The van der Waals surface area contributed by atoms with Crippen molar-refractivity contribution in [1.82, 2.24) is 14.5 Å². The van der Waals surface area contributed by atoms with Crippen LogP contribution in [0, 0.1) is 17.4 Å². The highest BCUT2D eigenvalue weighted by atomic mass is 127. The zero-order valence-electron chi connectivity index (χ0n) is 18.2. The summed E-state index contributed by atoms with van der Waals surface area (Å²) in [5.74, 6) is 0. The van der Waals surface area contributed by atoms with Crippen LogP contribution in [0.5, 0.6) is 0 Å². The molecular weight excluding hydrogens is 514 g/mol. The smallest absolute Gasteiger partial charge is 0.0981 e. The molecule has 0 saturated carbocycles. The molecule has 0 aliphatic rings. The minimum atomic E-state index is -2.31. The summed E-state index contributed by atoms with van der Waals surface area (Å²) in [4.78, 5) is 0. The first-order valence-corrected chi connectivity index (χ1v) is 12.9. The monoisotopic (exact) mass is 540 g/mol. The lowest BCUT2D eigenvalue weighted by atomic mass is 10.3. The van der Waals surface area contributed by atoms with E-state index < -0.39 is 7.21 Å². The van der Waals surface area contributed by atoms with Crippen LogP contribution >= 0.6 is 29.8 Å². The maximum absolute atomic E-state index is 5.48. The molecule has 0 fully saturated rings. The van der Waals surface area contributed by atoms with Crippen LogP contribution < -0.4 is 10.6 Å². The second kappa shape index (κ2) is 9.11. The van der Waals surface area contributed by atoms with Crippen LogP contribution in [0.2, 0.25) is 0 Å². The van der Waals surface area contributed by atoms with Crippen molar-refractivity contribution >= 4 is 46.1 Å². The van der Waals surface area contributed by atoms with Gasteiger partial charge in [-0.05, 0) is 86.9 Å². The van der Waals surface area contributed by atoms with E-state index in [1.807, 2.05) is 18.2 Å². The van der Waals surface area contributed by atoms with Crippen LogP contribution in [0.4, 0.5) is 5.69 Å². The molecular formula is C25H26IN4P. The SMILES string of the molecule is Cc1nn(-c2ccccc2)c(C)c1[P@](=Nc1ccc(I)cc1)(c1ccccc1)N(C)C. The first kappa shape index (κ1) is 22.0. The fourth-order valence-electron chi connectivity index (χ4n) is 3.97. The number of nitrogens with zero attached hydrogens (tertiary/aromatic N) is 4. The molecule has 31 heavy (non-hydrogen) atoms. The van der Waals surface area contributed by atoms with Gasteiger partial charge in [0, 0.05) is 8.87 Å². The number of rotatable bonds is 5. The molecule has 4 rings (SSSR count). The standard InChI is InChI=1S/C25H26IN4P/c1-19-25(20(2)30(27-19)23-11-7-5-8-12-23)31(29(3)4,24-13-9-6-10-14-24)28-22-17-15-21(26)16-18-22/h5-18H,1-4H3/t31-/m0/s1. The number of aryl methyl sites for hydroxylation is 1. The Hall–Kier alpha value is -2.21. The molecule has 0 spiro atoms. The second-order valence-electron chi connectivity index (χ2n) is 7.63. The van der Waals surface area contributed by atoms with Gasteiger partial charge >= 0.3 is 0 Å². The fourth-order valence-corrected chi connectivity index (χ4v) is 7.95. The number of halogens is 1. The van der Waals surface area contributed by atoms with Gasteiger partial charge in [-0.15, -0.1) is 0 Å². The number of hydrogen-bond donors (Lipinski definition) is 0. The van der Waals surface area contributed by atoms with E-state index in [9.17, 15) is 0 Å². The van der Waals surface area contributed by atoms with Crippen LogP contribution in [-0.4, -0.2) is 28.5 Å². The molecule has 158 valence electrons. The zero-order valence-corrected chi connectivity index (χ0v) is 21.2. The summed E-state index contributed by atoms with van der Waals surface area (Å²) in [6.45, 7) is 4.26. The minimum absolute atomic E-state index is 0.984. The van der Waals surface area contributed by atoms with Gasteiger partial charge in [0.25, 0.3) is 0 Å². The Morgan fingerprint density at radius 1 is 0.839 bits per heavy atom. The largest absolute Gasteiger partial charge is 0.268 e. The summed E-state index contributed by atoms with van der Waals surface area (Å²) < 4.78 is 11.0. The molecule has 3 aromatic carbocycles. The van der Waals surface area contributed by atoms with Crippen molar-refractivity contribution in [3.8, 4) is 5.69 Å². The maximum atomic E-state index is 5.48. The van der Waals surface area contributed by atoms with E-state index in [1.54, 1.807) is 0 Å². The average molecular weight is 540 g/mol. The predicted molar refractivity (Wildman–Crippen MR) is 141 cm³/mol. The molecule has 4 nitrogen and oxygen atoms in total. The first-order valence-electron chi connectivity index (χ1n) is 10.2. The van der Waals surface area contributed by atoms with Gasteiger partial charge in [-0.2, -0.15) is 5.10 Å². The Labute approximate surface area is 198 Å². The maximum Gasteiger partial charge on any atom is 0.0981 e. The molecule has 0 bridgehead atoms. The quantitative estimate of drug-likeness (QED) is 0.228. The van der Waals surface area contributed by atoms with Crippen molar-refractivity contribution in [3.05, 3.63) is 99.9 Å². The normalized spacial score (nSPS) is 13.2. The Kier molecular flexibility index (Phi) is 6.47. The van der Waals surface area contributed by atoms with Crippen LogP contribution in [-0.2, 0) is 0 Å². The van der Waals surface area contributed by atoms with Crippen molar-refractivity contribution < 1.29 is 0 Å². The van der Waals surface area contributed by atoms with Crippen LogP contribution in [0.25, 0.3) is 5.69 Å². The summed E-state index contributed by atoms with van der Waals surface area (Å²) >= 11 is 2.33. The molecule has 0 aliphatic carbocycles. The highest BCUT2D eigenvalue weighted by Gasteiger charge is 2.34. The van der Waals surface area contributed by atoms with Crippen LogP contribution in [0.1, 0.15) is 11.4 Å². The molecule has 1 heterocycles. The third kappa shape index (κ3) is 4.14. The Morgan fingerprint density at radius 2 is 1.42 bits per heavy atom. The van der Waals surface area contributed by atoms with E-state index in [0.717, 1.165) is 22.8 Å². The summed E-state index contributed by atoms with van der Waals surface area (Å²) in [7, 11) is 1.96. The molecule has 4 aromatic rings. The van der Waals surface area contributed by atoms with Gasteiger partial charge in [-0.1, -0.05) is 48.5 Å². The van der Waals surface area contributed by atoms with Crippen molar-refractivity contribution in [3.63, 3.8) is 0 Å². The van der Waals surface area contributed by atoms with Gasteiger partial charge in [0.05, 0.1) is 35.3 Å². The van der Waals surface area contributed by atoms with Gasteiger partial charge < -0.3 is 0 Å². The third-order valence-corrected chi connectivity index (χ3v) is 10.0. The van der Waals surface area contributed by atoms with Gasteiger partial charge in [0.15, 0.2) is 0 Å². The lowest BCUT2D eigenvalue weighted by molar-refractivity contribution is 0.681. The molecule has 6 heteroatoms. The Morgan fingerprint density at radius 3 is 2.00 bits per heavy atom. The lowest BCUT2D eigenvalue weighted by Crippen LogP contribution is -2.29. The molecule has 0 saturated heterocycles. The minimum Gasteiger partial charge on any atom is -0.268 e. The second-order valence-corrected chi connectivity index (χ2v) is 12.0. The molecule has 1 atom stereocenters. The van der Waals surface area contributed by atoms with E-state index in [2.05, 4.69) is 127 Å². The Balaban J connectivity index is 2.07. The highest BCUT2D eigenvalue weighted by molar-refractivity contribution is 14.1. The Bertz CT molecular complexity index is 1230. The molecule has 1 aromatic heterocycles. The topological polar surface area (TPSA) is 33.4 Å². The summed E-state index contributed by atoms with van der Waals surface area (Å²) in [5.41, 5.74) is 4.19. The van der Waals surface area contributed by atoms with Gasteiger partial charge in [-0.3, -0.25) is 4.67 Å². The van der Waals surface area contributed by atoms with E-state index in [4.69, 9.17) is 9.84 Å². The van der Waals surface area contributed by atoms with E-state index in [-0.39, 0.29) is 0 Å².